The summed E-state index contributed by atoms with van der Waals surface area (Å²) in [7, 11) is 0. The molecule has 19 heavy (non-hydrogen) atoms. The van der Waals surface area contributed by atoms with Crippen LogP contribution < -0.4 is 11.5 Å². The van der Waals surface area contributed by atoms with Gasteiger partial charge >= 0.3 is 0 Å². The highest BCUT2D eigenvalue weighted by Crippen LogP contribution is 2.20. The summed E-state index contributed by atoms with van der Waals surface area (Å²) in [5, 5.41) is 0. The Morgan fingerprint density at radius 2 is 1.53 bits per heavy atom. The zero-order valence-electron chi connectivity index (χ0n) is 10.6. The molecule has 2 rings (SSSR count). The smallest absolute Gasteiger partial charge is 0.0860 e. The fraction of sp³-hybridized carbons (Fsp3) is 0.0625. The maximum atomic E-state index is 6.17. The van der Waals surface area contributed by atoms with Crippen molar-refractivity contribution in [2.75, 3.05) is 0 Å². The molecule has 0 fully saturated rings. The summed E-state index contributed by atoms with van der Waals surface area (Å²) in [5.74, 6) is 0. The molecule has 3 heteroatoms. The zero-order valence-corrected chi connectivity index (χ0v) is 10.6. The van der Waals surface area contributed by atoms with Gasteiger partial charge in [-0.2, -0.15) is 0 Å². The fourth-order valence-electron chi connectivity index (χ4n) is 1.84. The van der Waals surface area contributed by atoms with Crippen molar-refractivity contribution in [1.29, 1.82) is 0 Å². The van der Waals surface area contributed by atoms with Crippen molar-refractivity contribution in [3.05, 3.63) is 77.9 Å². The lowest BCUT2D eigenvalue weighted by atomic mass is 10.0. The van der Waals surface area contributed by atoms with Crippen LogP contribution in [0.4, 0.5) is 0 Å². The minimum Gasteiger partial charge on any atom is -0.390 e. The quantitative estimate of drug-likeness (QED) is 0.648. The summed E-state index contributed by atoms with van der Waals surface area (Å²) in [5.41, 5.74) is 14.4. The van der Waals surface area contributed by atoms with Gasteiger partial charge in [-0.3, -0.25) is 0 Å². The lowest BCUT2D eigenvalue weighted by molar-refractivity contribution is 0.911. The van der Waals surface area contributed by atoms with Gasteiger partial charge in [-0.15, -0.1) is 0 Å². The maximum Gasteiger partial charge on any atom is 0.0860 e. The average molecular weight is 251 g/mol. The van der Waals surface area contributed by atoms with Gasteiger partial charge in [0, 0.05) is 0 Å². The molecule has 0 heterocycles. The lowest BCUT2D eigenvalue weighted by Gasteiger charge is -2.09. The normalized spacial score (nSPS) is 13.6. The van der Waals surface area contributed by atoms with E-state index < -0.39 is 0 Å². The standard InChI is InChI=1S/C16H17N3/c17-12-19-16(14-9-5-2-6-10-14)11-15(18)13-7-3-1-4-8-13/h1-12,15H,18H2,(H2,17,19)/b16-11-. The maximum absolute atomic E-state index is 6.17. The summed E-state index contributed by atoms with van der Waals surface area (Å²) in [6.07, 6.45) is 3.20. The van der Waals surface area contributed by atoms with Crippen molar-refractivity contribution < 1.29 is 0 Å². The molecule has 1 atom stereocenters. The molecule has 2 aromatic rings. The third-order valence-electron chi connectivity index (χ3n) is 2.81. The number of benzene rings is 2. The highest BCUT2D eigenvalue weighted by Gasteiger charge is 2.05. The Labute approximate surface area is 113 Å². The molecule has 0 radical (unpaired) electrons. The number of nitrogens with zero attached hydrogens (tertiary/aromatic N) is 1. The summed E-state index contributed by atoms with van der Waals surface area (Å²) in [4.78, 5) is 4.19. The van der Waals surface area contributed by atoms with Gasteiger partial charge in [0.05, 0.1) is 18.1 Å². The molecule has 0 amide bonds. The fourth-order valence-corrected chi connectivity index (χ4v) is 1.84. The van der Waals surface area contributed by atoms with Crippen LogP contribution in [0.5, 0.6) is 0 Å². The van der Waals surface area contributed by atoms with E-state index in [1.165, 1.54) is 6.34 Å². The Bertz CT molecular complexity index is 559. The van der Waals surface area contributed by atoms with Crippen LogP contribution in [0.2, 0.25) is 0 Å². The Hall–Kier alpha value is -2.39. The van der Waals surface area contributed by atoms with Crippen molar-refractivity contribution in [3.8, 4) is 0 Å². The van der Waals surface area contributed by atoms with E-state index >= 15 is 0 Å². The predicted molar refractivity (Wildman–Crippen MR) is 80.5 cm³/mol. The molecule has 0 spiro atoms. The van der Waals surface area contributed by atoms with Crippen molar-refractivity contribution in [2.45, 2.75) is 6.04 Å². The summed E-state index contributed by atoms with van der Waals surface area (Å²) < 4.78 is 0. The minimum atomic E-state index is -0.208. The van der Waals surface area contributed by atoms with E-state index in [0.29, 0.717) is 0 Å². The molecule has 3 nitrogen and oxygen atoms in total. The van der Waals surface area contributed by atoms with E-state index in [0.717, 1.165) is 16.8 Å². The van der Waals surface area contributed by atoms with E-state index in [9.17, 15) is 0 Å². The average Bonchev–Trinajstić information content (AvgIpc) is 2.48. The van der Waals surface area contributed by atoms with Crippen LogP contribution in [0.3, 0.4) is 0 Å². The zero-order chi connectivity index (χ0) is 13.5. The number of rotatable bonds is 4. The summed E-state index contributed by atoms with van der Waals surface area (Å²) in [6, 6.07) is 19.5. The van der Waals surface area contributed by atoms with Crippen LogP contribution in [0, 0.1) is 0 Å². The molecule has 1 unspecified atom stereocenters. The highest BCUT2D eigenvalue weighted by molar-refractivity contribution is 5.72. The Kier molecular flexibility index (Phi) is 4.48. The van der Waals surface area contributed by atoms with Gasteiger partial charge in [0.15, 0.2) is 0 Å². The number of nitrogens with two attached hydrogens (primary N) is 2. The van der Waals surface area contributed by atoms with E-state index in [4.69, 9.17) is 11.5 Å². The van der Waals surface area contributed by atoms with Gasteiger partial charge in [0.2, 0.25) is 0 Å². The van der Waals surface area contributed by atoms with Gasteiger partial charge in [-0.1, -0.05) is 60.7 Å². The van der Waals surface area contributed by atoms with Crippen molar-refractivity contribution in [2.24, 2.45) is 16.5 Å². The molecule has 0 aromatic heterocycles. The topological polar surface area (TPSA) is 64.4 Å². The Morgan fingerprint density at radius 3 is 2.11 bits per heavy atom. The first-order valence-electron chi connectivity index (χ1n) is 6.13. The monoisotopic (exact) mass is 251 g/mol. The Morgan fingerprint density at radius 1 is 0.947 bits per heavy atom. The van der Waals surface area contributed by atoms with Gasteiger partial charge in [0.25, 0.3) is 0 Å². The summed E-state index contributed by atoms with van der Waals surface area (Å²) in [6.45, 7) is 0. The second-order valence-electron chi connectivity index (χ2n) is 4.13. The van der Waals surface area contributed by atoms with Gasteiger partial charge in [-0.25, -0.2) is 4.99 Å². The number of hydrogen-bond acceptors (Lipinski definition) is 2. The molecule has 0 saturated carbocycles. The van der Waals surface area contributed by atoms with Crippen LogP contribution in [-0.4, -0.2) is 6.34 Å². The lowest BCUT2D eigenvalue weighted by Crippen LogP contribution is -2.07. The molecule has 2 aromatic carbocycles. The van der Waals surface area contributed by atoms with Crippen molar-refractivity contribution in [1.82, 2.24) is 0 Å². The van der Waals surface area contributed by atoms with Crippen molar-refractivity contribution >= 4 is 12.0 Å². The molecule has 0 saturated heterocycles. The van der Waals surface area contributed by atoms with Crippen LogP contribution in [0.15, 0.2) is 71.7 Å². The predicted octanol–water partition coefficient (Wildman–Crippen LogP) is 2.71. The summed E-state index contributed by atoms with van der Waals surface area (Å²) >= 11 is 0. The van der Waals surface area contributed by atoms with Crippen LogP contribution >= 0.6 is 0 Å². The van der Waals surface area contributed by atoms with Crippen molar-refractivity contribution in [3.63, 3.8) is 0 Å². The molecular weight excluding hydrogens is 234 g/mol. The molecule has 96 valence electrons. The minimum absolute atomic E-state index is 0.208. The van der Waals surface area contributed by atoms with E-state index in [2.05, 4.69) is 4.99 Å². The highest BCUT2D eigenvalue weighted by atomic mass is 14.8. The van der Waals surface area contributed by atoms with Crippen LogP contribution in [0.25, 0.3) is 5.70 Å². The molecule has 0 aliphatic rings. The molecule has 0 aliphatic carbocycles. The van der Waals surface area contributed by atoms with Gasteiger partial charge in [0.1, 0.15) is 0 Å². The SMILES string of the molecule is N/C=N/C(=C\C(N)c1ccccc1)c1ccccc1. The second kappa shape index (κ2) is 6.52. The van der Waals surface area contributed by atoms with Gasteiger partial charge < -0.3 is 11.5 Å². The van der Waals surface area contributed by atoms with E-state index in [-0.39, 0.29) is 6.04 Å². The molecule has 0 bridgehead atoms. The van der Waals surface area contributed by atoms with Crippen LogP contribution in [-0.2, 0) is 0 Å². The number of aliphatic imine (C=N–C) groups is 1. The molecular formula is C16H17N3. The van der Waals surface area contributed by atoms with E-state index in [1.807, 2.05) is 66.7 Å². The number of hydrogen-bond donors (Lipinski definition) is 2. The van der Waals surface area contributed by atoms with E-state index in [1.54, 1.807) is 0 Å². The molecule has 0 aliphatic heterocycles. The Balaban J connectivity index is 2.32. The third kappa shape index (κ3) is 3.53. The first-order chi connectivity index (χ1) is 9.31. The van der Waals surface area contributed by atoms with Gasteiger partial charge in [-0.05, 0) is 17.2 Å². The van der Waals surface area contributed by atoms with Crippen LogP contribution in [0.1, 0.15) is 17.2 Å². The first kappa shape index (κ1) is 13.1. The molecule has 4 N–H and O–H groups in total. The largest absolute Gasteiger partial charge is 0.390 e. The second-order valence-corrected chi connectivity index (χ2v) is 4.13. The first-order valence-corrected chi connectivity index (χ1v) is 6.13. The third-order valence-corrected chi connectivity index (χ3v) is 2.81.